The van der Waals surface area contributed by atoms with Gasteiger partial charge < -0.3 is 10.2 Å². The van der Waals surface area contributed by atoms with E-state index in [9.17, 15) is 0 Å². The monoisotopic (exact) mass is 264 g/mol. The van der Waals surface area contributed by atoms with Gasteiger partial charge in [-0.05, 0) is 26.7 Å². The van der Waals surface area contributed by atoms with Crippen LogP contribution in [0.2, 0.25) is 0 Å². The normalized spacial score (nSPS) is 11.2. The zero-order valence-electron chi connectivity index (χ0n) is 13.4. The average molecular weight is 264 g/mol. The van der Waals surface area contributed by atoms with Crippen molar-refractivity contribution in [3.8, 4) is 0 Å². The molecule has 0 amide bonds. The topological polar surface area (TPSA) is 41.1 Å². The summed E-state index contributed by atoms with van der Waals surface area (Å²) in [7, 11) is 1.92. The van der Waals surface area contributed by atoms with Gasteiger partial charge in [-0.25, -0.2) is 9.97 Å². The van der Waals surface area contributed by atoms with Gasteiger partial charge in [-0.1, -0.05) is 20.8 Å². The first-order valence-electron chi connectivity index (χ1n) is 7.22. The molecule has 19 heavy (non-hydrogen) atoms. The third-order valence-corrected chi connectivity index (χ3v) is 3.18. The first-order valence-corrected chi connectivity index (χ1v) is 7.22. The molecule has 1 heterocycles. The van der Waals surface area contributed by atoms with Crippen LogP contribution in [0.25, 0.3) is 0 Å². The Bertz CT molecular complexity index is 413. The number of anilines is 2. The summed E-state index contributed by atoms with van der Waals surface area (Å²) < 4.78 is 0. The lowest BCUT2D eigenvalue weighted by atomic mass is 10.1. The van der Waals surface area contributed by atoms with Gasteiger partial charge in [-0.15, -0.1) is 0 Å². The molecule has 1 aromatic rings. The molecule has 0 saturated carbocycles. The van der Waals surface area contributed by atoms with E-state index in [1.54, 1.807) is 0 Å². The standard InChI is InChI=1S/C15H28N4/c1-8-13-17-14(16-7)12(6)15(18-13)19(11(4)5)9-10(2)3/h10-11H,8-9H2,1-7H3,(H,16,17,18). The third-order valence-electron chi connectivity index (χ3n) is 3.18. The molecule has 0 aliphatic heterocycles. The summed E-state index contributed by atoms with van der Waals surface area (Å²) >= 11 is 0. The molecule has 4 nitrogen and oxygen atoms in total. The SMILES string of the molecule is CCc1nc(NC)c(C)c(N(CC(C)C)C(C)C)n1. The molecule has 0 bridgehead atoms. The summed E-state index contributed by atoms with van der Waals surface area (Å²) in [5, 5.41) is 3.18. The van der Waals surface area contributed by atoms with E-state index in [4.69, 9.17) is 4.98 Å². The maximum Gasteiger partial charge on any atom is 0.137 e. The van der Waals surface area contributed by atoms with E-state index < -0.39 is 0 Å². The fourth-order valence-corrected chi connectivity index (χ4v) is 2.17. The van der Waals surface area contributed by atoms with E-state index in [0.717, 1.165) is 36.0 Å². The summed E-state index contributed by atoms with van der Waals surface area (Å²) in [6.45, 7) is 14.1. The molecule has 0 spiro atoms. The molecule has 4 heteroatoms. The van der Waals surface area contributed by atoms with Crippen LogP contribution in [0.4, 0.5) is 11.6 Å². The van der Waals surface area contributed by atoms with Crippen LogP contribution in [-0.2, 0) is 6.42 Å². The highest BCUT2D eigenvalue weighted by molar-refractivity contribution is 5.58. The van der Waals surface area contributed by atoms with Gasteiger partial charge in [0.1, 0.15) is 17.5 Å². The second-order valence-electron chi connectivity index (χ2n) is 5.68. The first kappa shape index (κ1) is 15.7. The van der Waals surface area contributed by atoms with Crippen molar-refractivity contribution < 1.29 is 0 Å². The maximum absolute atomic E-state index is 4.75. The maximum atomic E-state index is 4.75. The fraction of sp³-hybridized carbons (Fsp3) is 0.733. The van der Waals surface area contributed by atoms with E-state index in [-0.39, 0.29) is 0 Å². The van der Waals surface area contributed by atoms with Gasteiger partial charge in [0.25, 0.3) is 0 Å². The number of hydrogen-bond acceptors (Lipinski definition) is 4. The van der Waals surface area contributed by atoms with Crippen molar-refractivity contribution in [1.29, 1.82) is 0 Å². The molecule has 1 N–H and O–H groups in total. The van der Waals surface area contributed by atoms with Crippen LogP contribution in [0.1, 0.15) is 46.0 Å². The highest BCUT2D eigenvalue weighted by Gasteiger charge is 2.19. The summed E-state index contributed by atoms with van der Waals surface area (Å²) in [5.41, 5.74) is 1.13. The zero-order chi connectivity index (χ0) is 14.6. The largest absolute Gasteiger partial charge is 0.373 e. The number of aryl methyl sites for hydroxylation is 1. The summed E-state index contributed by atoms with van der Waals surface area (Å²) in [5.74, 6) is 3.52. The Kier molecular flexibility index (Phi) is 5.58. The van der Waals surface area contributed by atoms with Gasteiger partial charge >= 0.3 is 0 Å². The minimum absolute atomic E-state index is 0.436. The summed E-state index contributed by atoms with van der Waals surface area (Å²) in [4.78, 5) is 11.7. The van der Waals surface area contributed by atoms with Crippen molar-refractivity contribution in [2.45, 2.75) is 54.0 Å². The van der Waals surface area contributed by atoms with Crippen molar-refractivity contribution in [2.24, 2.45) is 5.92 Å². The Morgan fingerprint density at radius 1 is 1.16 bits per heavy atom. The number of nitrogens with zero attached hydrogens (tertiary/aromatic N) is 3. The minimum atomic E-state index is 0.436. The molecular weight excluding hydrogens is 236 g/mol. The Hall–Kier alpha value is -1.32. The molecule has 1 rings (SSSR count). The highest BCUT2D eigenvalue weighted by atomic mass is 15.2. The van der Waals surface area contributed by atoms with Crippen LogP contribution >= 0.6 is 0 Å². The van der Waals surface area contributed by atoms with E-state index in [1.165, 1.54) is 0 Å². The predicted octanol–water partition coefficient (Wildman–Crippen LogP) is 3.26. The number of rotatable bonds is 6. The van der Waals surface area contributed by atoms with E-state index in [1.807, 2.05) is 7.05 Å². The number of nitrogens with one attached hydrogen (secondary N) is 1. The molecule has 0 unspecified atom stereocenters. The van der Waals surface area contributed by atoms with Crippen LogP contribution in [-0.4, -0.2) is 29.6 Å². The molecule has 0 aromatic carbocycles. The first-order chi connectivity index (χ1) is 8.90. The molecule has 0 fully saturated rings. The fourth-order valence-electron chi connectivity index (χ4n) is 2.17. The summed E-state index contributed by atoms with van der Waals surface area (Å²) in [6, 6.07) is 0.436. The molecule has 0 radical (unpaired) electrons. The molecular formula is C15H28N4. The zero-order valence-corrected chi connectivity index (χ0v) is 13.4. The lowest BCUT2D eigenvalue weighted by molar-refractivity contribution is 0.563. The van der Waals surface area contributed by atoms with Gasteiger partial charge in [-0.2, -0.15) is 0 Å². The molecule has 0 atom stereocenters. The van der Waals surface area contributed by atoms with Crippen LogP contribution < -0.4 is 10.2 Å². The van der Waals surface area contributed by atoms with Crippen LogP contribution in [0.15, 0.2) is 0 Å². The Balaban J connectivity index is 3.27. The van der Waals surface area contributed by atoms with E-state index in [2.05, 4.69) is 56.7 Å². The molecule has 0 aliphatic carbocycles. The van der Waals surface area contributed by atoms with E-state index in [0.29, 0.717) is 12.0 Å². The lowest BCUT2D eigenvalue weighted by Crippen LogP contribution is -2.35. The van der Waals surface area contributed by atoms with Crippen LogP contribution in [0, 0.1) is 12.8 Å². The van der Waals surface area contributed by atoms with Crippen molar-refractivity contribution in [3.05, 3.63) is 11.4 Å². The van der Waals surface area contributed by atoms with Crippen LogP contribution in [0.5, 0.6) is 0 Å². The van der Waals surface area contributed by atoms with Gasteiger partial charge in [0.2, 0.25) is 0 Å². The van der Waals surface area contributed by atoms with Crippen molar-refractivity contribution in [3.63, 3.8) is 0 Å². The molecule has 1 aromatic heterocycles. The average Bonchev–Trinajstić information content (AvgIpc) is 2.36. The predicted molar refractivity (Wildman–Crippen MR) is 83.0 cm³/mol. The number of aromatic nitrogens is 2. The Morgan fingerprint density at radius 2 is 1.79 bits per heavy atom. The molecule has 0 aliphatic rings. The second-order valence-corrected chi connectivity index (χ2v) is 5.68. The molecule has 0 saturated heterocycles. The van der Waals surface area contributed by atoms with Crippen molar-refractivity contribution in [2.75, 3.05) is 23.8 Å². The highest BCUT2D eigenvalue weighted by Crippen LogP contribution is 2.26. The molecule has 108 valence electrons. The Labute approximate surface area is 117 Å². The van der Waals surface area contributed by atoms with Crippen LogP contribution in [0.3, 0.4) is 0 Å². The lowest BCUT2D eigenvalue weighted by Gasteiger charge is -2.31. The van der Waals surface area contributed by atoms with Crippen molar-refractivity contribution in [1.82, 2.24) is 9.97 Å². The van der Waals surface area contributed by atoms with Gasteiger partial charge in [-0.3, -0.25) is 0 Å². The smallest absolute Gasteiger partial charge is 0.137 e. The van der Waals surface area contributed by atoms with Crippen molar-refractivity contribution >= 4 is 11.6 Å². The van der Waals surface area contributed by atoms with Gasteiger partial charge in [0.05, 0.1) is 0 Å². The van der Waals surface area contributed by atoms with Gasteiger partial charge in [0, 0.05) is 31.6 Å². The Morgan fingerprint density at radius 3 is 2.21 bits per heavy atom. The quantitative estimate of drug-likeness (QED) is 0.856. The minimum Gasteiger partial charge on any atom is -0.373 e. The van der Waals surface area contributed by atoms with E-state index >= 15 is 0 Å². The van der Waals surface area contributed by atoms with Gasteiger partial charge in [0.15, 0.2) is 0 Å². The number of hydrogen-bond donors (Lipinski definition) is 1. The second kappa shape index (κ2) is 6.73. The summed E-state index contributed by atoms with van der Waals surface area (Å²) in [6.07, 6.45) is 0.857. The third kappa shape index (κ3) is 3.82.